The fraction of sp³-hybridized carbons (Fsp3) is 0.133. The van der Waals surface area contributed by atoms with Crippen molar-refractivity contribution in [2.45, 2.75) is 6.92 Å². The van der Waals surface area contributed by atoms with E-state index in [-0.39, 0.29) is 11.1 Å². The van der Waals surface area contributed by atoms with E-state index in [1.54, 1.807) is 31.2 Å². The molecule has 7 nitrogen and oxygen atoms in total. The number of benzene rings is 1. The van der Waals surface area contributed by atoms with E-state index < -0.39 is 12.0 Å². The number of nitrogens with zero attached hydrogens (tertiary/aromatic N) is 2. The standard InChI is InChI=1S/C15H14N4O3/c1-9-12(14(20)22-2)11(8-16)13(19(9)18-15(17)21)10-6-4-3-5-7-10/h3-7H,1-2H3,(H3,17,18,21). The van der Waals surface area contributed by atoms with Crippen LogP contribution in [0.3, 0.4) is 0 Å². The Balaban J connectivity index is 2.82. The molecule has 0 spiro atoms. The number of carbonyl (C=O) groups is 2. The average molecular weight is 298 g/mol. The lowest BCUT2D eigenvalue weighted by Crippen LogP contribution is -2.29. The maximum atomic E-state index is 12.0. The highest BCUT2D eigenvalue weighted by atomic mass is 16.5. The van der Waals surface area contributed by atoms with Crippen molar-refractivity contribution in [3.8, 4) is 17.3 Å². The molecular formula is C15H14N4O3. The first-order valence-corrected chi connectivity index (χ1v) is 6.36. The highest BCUT2D eigenvalue weighted by Crippen LogP contribution is 2.30. The van der Waals surface area contributed by atoms with Crippen LogP contribution < -0.4 is 11.2 Å². The Bertz CT molecular complexity index is 772. The largest absolute Gasteiger partial charge is 0.465 e. The Morgan fingerprint density at radius 1 is 1.32 bits per heavy atom. The van der Waals surface area contributed by atoms with E-state index in [4.69, 9.17) is 10.5 Å². The number of urea groups is 1. The van der Waals surface area contributed by atoms with Gasteiger partial charge in [-0.25, -0.2) is 15.0 Å². The monoisotopic (exact) mass is 298 g/mol. The Morgan fingerprint density at radius 2 is 1.95 bits per heavy atom. The summed E-state index contributed by atoms with van der Waals surface area (Å²) in [6.07, 6.45) is 0. The highest BCUT2D eigenvalue weighted by Gasteiger charge is 2.27. The average Bonchev–Trinajstić information content (AvgIpc) is 2.79. The molecule has 0 fully saturated rings. The number of primary amides is 1. The zero-order valence-corrected chi connectivity index (χ0v) is 12.1. The SMILES string of the molecule is COC(=O)c1c(C#N)c(-c2ccccc2)n(NC(N)=O)c1C. The summed E-state index contributed by atoms with van der Waals surface area (Å²) in [6, 6.07) is 10.1. The van der Waals surface area contributed by atoms with Gasteiger partial charge in [-0.2, -0.15) is 5.26 Å². The molecule has 2 rings (SSSR count). The second-order valence-electron chi connectivity index (χ2n) is 4.46. The molecule has 2 amide bonds. The molecule has 22 heavy (non-hydrogen) atoms. The van der Waals surface area contributed by atoms with Gasteiger partial charge in [0.1, 0.15) is 11.6 Å². The lowest BCUT2D eigenvalue weighted by molar-refractivity contribution is 0.0599. The number of carbonyl (C=O) groups excluding carboxylic acids is 2. The van der Waals surface area contributed by atoms with Gasteiger partial charge < -0.3 is 10.5 Å². The van der Waals surface area contributed by atoms with Crippen LogP contribution in [0.15, 0.2) is 30.3 Å². The quantitative estimate of drug-likeness (QED) is 0.841. The number of ether oxygens (including phenoxy) is 1. The van der Waals surface area contributed by atoms with Gasteiger partial charge in [0.15, 0.2) is 0 Å². The molecule has 1 aromatic heterocycles. The lowest BCUT2D eigenvalue weighted by Gasteiger charge is -2.11. The normalized spacial score (nSPS) is 9.86. The predicted molar refractivity (Wildman–Crippen MR) is 79.6 cm³/mol. The van der Waals surface area contributed by atoms with Crippen molar-refractivity contribution in [2.24, 2.45) is 5.73 Å². The van der Waals surface area contributed by atoms with Crippen LogP contribution in [0.2, 0.25) is 0 Å². The number of esters is 1. The van der Waals surface area contributed by atoms with Crippen molar-refractivity contribution in [1.29, 1.82) is 5.26 Å². The molecule has 0 atom stereocenters. The summed E-state index contributed by atoms with van der Waals surface area (Å²) in [6.45, 7) is 1.59. The molecule has 0 bridgehead atoms. The molecular weight excluding hydrogens is 284 g/mol. The van der Waals surface area contributed by atoms with Crippen LogP contribution >= 0.6 is 0 Å². The van der Waals surface area contributed by atoms with Gasteiger partial charge in [-0.1, -0.05) is 30.3 Å². The number of aromatic nitrogens is 1. The summed E-state index contributed by atoms with van der Waals surface area (Å²) in [5, 5.41) is 9.46. The number of nitriles is 1. The minimum atomic E-state index is -0.809. The van der Waals surface area contributed by atoms with Crippen LogP contribution in [0, 0.1) is 18.3 Å². The maximum absolute atomic E-state index is 12.0. The zero-order chi connectivity index (χ0) is 16.3. The van der Waals surface area contributed by atoms with Crippen LogP contribution in [0.25, 0.3) is 11.3 Å². The fourth-order valence-corrected chi connectivity index (χ4v) is 2.27. The molecule has 0 aliphatic heterocycles. The molecule has 3 N–H and O–H groups in total. The Kier molecular flexibility index (Phi) is 4.13. The van der Waals surface area contributed by atoms with Crippen molar-refractivity contribution in [3.63, 3.8) is 0 Å². The Labute approximate surface area is 126 Å². The number of hydrogen-bond donors (Lipinski definition) is 2. The molecule has 0 aliphatic rings. The summed E-state index contributed by atoms with van der Waals surface area (Å²) < 4.78 is 6.04. The molecule has 112 valence electrons. The van der Waals surface area contributed by atoms with E-state index in [0.717, 1.165) is 0 Å². The van der Waals surface area contributed by atoms with Crippen LogP contribution in [0.4, 0.5) is 4.79 Å². The first kappa shape index (κ1) is 15.1. The lowest BCUT2D eigenvalue weighted by atomic mass is 10.1. The summed E-state index contributed by atoms with van der Waals surface area (Å²) >= 11 is 0. The van der Waals surface area contributed by atoms with E-state index in [0.29, 0.717) is 17.0 Å². The van der Waals surface area contributed by atoms with Gasteiger partial charge in [0, 0.05) is 5.56 Å². The first-order chi connectivity index (χ1) is 10.5. The number of hydrogen-bond acceptors (Lipinski definition) is 4. The summed E-state index contributed by atoms with van der Waals surface area (Å²) in [5.41, 5.74) is 9.20. The van der Waals surface area contributed by atoms with Gasteiger partial charge in [0.2, 0.25) is 0 Å². The van der Waals surface area contributed by atoms with Crippen LogP contribution in [-0.4, -0.2) is 23.8 Å². The zero-order valence-electron chi connectivity index (χ0n) is 12.1. The molecule has 0 unspecified atom stereocenters. The van der Waals surface area contributed by atoms with Crippen molar-refractivity contribution in [2.75, 3.05) is 12.5 Å². The van der Waals surface area contributed by atoms with Gasteiger partial charge in [0.25, 0.3) is 0 Å². The van der Waals surface area contributed by atoms with Gasteiger partial charge >= 0.3 is 12.0 Å². The number of rotatable bonds is 3. The van der Waals surface area contributed by atoms with Gasteiger partial charge in [-0.15, -0.1) is 0 Å². The van der Waals surface area contributed by atoms with Gasteiger partial charge in [-0.3, -0.25) is 4.68 Å². The van der Waals surface area contributed by atoms with E-state index in [1.807, 2.05) is 12.1 Å². The van der Waals surface area contributed by atoms with Crippen LogP contribution in [-0.2, 0) is 4.74 Å². The number of amides is 2. The molecule has 0 aliphatic carbocycles. The van der Waals surface area contributed by atoms with Crippen molar-refractivity contribution < 1.29 is 14.3 Å². The molecule has 1 aromatic carbocycles. The van der Waals surface area contributed by atoms with E-state index in [9.17, 15) is 14.9 Å². The van der Waals surface area contributed by atoms with Gasteiger partial charge in [-0.05, 0) is 6.92 Å². The molecule has 0 saturated carbocycles. The third-order valence-corrected chi connectivity index (χ3v) is 3.18. The summed E-state index contributed by atoms with van der Waals surface area (Å²) in [4.78, 5) is 23.2. The highest BCUT2D eigenvalue weighted by molar-refractivity contribution is 5.97. The predicted octanol–water partition coefficient (Wildman–Crippen LogP) is 1.74. The van der Waals surface area contributed by atoms with Crippen LogP contribution in [0.1, 0.15) is 21.6 Å². The number of nitrogens with two attached hydrogens (primary N) is 1. The van der Waals surface area contributed by atoms with Crippen molar-refractivity contribution in [1.82, 2.24) is 4.68 Å². The smallest absolute Gasteiger partial charge is 0.341 e. The van der Waals surface area contributed by atoms with Gasteiger partial charge in [0.05, 0.1) is 24.1 Å². The summed E-state index contributed by atoms with van der Waals surface area (Å²) in [5.74, 6) is -0.656. The Hall–Kier alpha value is -3.27. The fourth-order valence-electron chi connectivity index (χ4n) is 2.27. The van der Waals surface area contributed by atoms with Crippen molar-refractivity contribution >= 4 is 12.0 Å². The number of nitrogens with one attached hydrogen (secondary N) is 1. The summed E-state index contributed by atoms with van der Waals surface area (Å²) in [7, 11) is 1.23. The van der Waals surface area contributed by atoms with E-state index in [1.165, 1.54) is 11.8 Å². The third kappa shape index (κ3) is 2.50. The second-order valence-corrected chi connectivity index (χ2v) is 4.46. The maximum Gasteiger partial charge on any atom is 0.341 e. The third-order valence-electron chi connectivity index (χ3n) is 3.18. The Morgan fingerprint density at radius 3 is 2.45 bits per heavy atom. The first-order valence-electron chi connectivity index (χ1n) is 6.36. The van der Waals surface area contributed by atoms with E-state index in [2.05, 4.69) is 5.43 Å². The van der Waals surface area contributed by atoms with E-state index >= 15 is 0 Å². The second kappa shape index (κ2) is 6.01. The molecule has 2 aromatic rings. The van der Waals surface area contributed by atoms with Crippen LogP contribution in [0.5, 0.6) is 0 Å². The molecule has 0 radical (unpaired) electrons. The molecule has 1 heterocycles. The number of methoxy groups -OCH3 is 1. The minimum absolute atomic E-state index is 0.0950. The molecule has 0 saturated heterocycles. The minimum Gasteiger partial charge on any atom is -0.465 e. The molecule has 7 heteroatoms. The topological polar surface area (TPSA) is 110 Å². The van der Waals surface area contributed by atoms with Crippen molar-refractivity contribution in [3.05, 3.63) is 47.2 Å².